The lowest BCUT2D eigenvalue weighted by molar-refractivity contribution is -0.496. The normalized spacial score (nSPS) is 22.6. The smallest absolute Gasteiger partial charge is 0.237 e. The highest BCUT2D eigenvalue weighted by atomic mass is 16.6. The minimum absolute atomic E-state index is 0.0303. The van der Waals surface area contributed by atoms with Gasteiger partial charge in [-0.05, 0) is 25.0 Å². The van der Waals surface area contributed by atoms with E-state index in [0.717, 1.165) is 12.8 Å². The summed E-state index contributed by atoms with van der Waals surface area (Å²) in [6, 6.07) is 6.55. The highest BCUT2D eigenvalue weighted by Crippen LogP contribution is 2.42. The third-order valence-electron chi connectivity index (χ3n) is 4.12. The Morgan fingerprint density at radius 2 is 2.22 bits per heavy atom. The van der Waals surface area contributed by atoms with E-state index >= 15 is 0 Å². The Bertz CT molecular complexity index is 783. The molecule has 1 N–H and O–H groups in total. The summed E-state index contributed by atoms with van der Waals surface area (Å²) in [6.45, 7) is 0. The van der Waals surface area contributed by atoms with Crippen molar-refractivity contribution in [1.29, 1.82) is 0 Å². The first kappa shape index (κ1) is 13.9. The van der Waals surface area contributed by atoms with Crippen molar-refractivity contribution in [2.75, 3.05) is 5.32 Å². The molecular weight excluding hydrogens is 300 g/mol. The van der Waals surface area contributed by atoms with E-state index in [4.69, 9.17) is 4.52 Å². The Kier molecular flexibility index (Phi) is 3.10. The molecule has 2 unspecified atom stereocenters. The molecule has 1 heterocycles. The molecule has 8 heteroatoms. The Hall–Kier alpha value is -2.77. The first-order valence-electron chi connectivity index (χ1n) is 7.50. The molecule has 8 nitrogen and oxygen atoms in total. The van der Waals surface area contributed by atoms with Crippen molar-refractivity contribution in [3.05, 3.63) is 40.3 Å². The van der Waals surface area contributed by atoms with Crippen LogP contribution in [-0.2, 0) is 4.79 Å². The Morgan fingerprint density at radius 1 is 1.39 bits per heavy atom. The maximum atomic E-state index is 11.8. The quantitative estimate of drug-likeness (QED) is 0.669. The second-order valence-corrected chi connectivity index (χ2v) is 6.00. The maximum Gasteiger partial charge on any atom is 0.237 e. The number of hydrogen-bond acceptors (Lipinski definition) is 6. The standard InChI is InChI=1S/C15H14N4O4/c20-14(8-4-5-8)16-10-3-1-2-9(6-10)13-17-15(23-18-13)11-7-12(11)19(21)22/h1-3,6,8,11-12H,4-5,7H2,(H,16,20). The molecule has 0 spiro atoms. The van der Waals surface area contributed by atoms with Crippen LogP contribution in [0, 0.1) is 16.0 Å². The number of anilines is 1. The molecule has 4 rings (SSSR count). The number of nitro groups is 1. The second-order valence-electron chi connectivity index (χ2n) is 6.00. The van der Waals surface area contributed by atoms with Crippen molar-refractivity contribution < 1.29 is 14.2 Å². The SMILES string of the molecule is O=C(Nc1cccc(-c2noc(C3CC3[N+](=O)[O-])n2)c1)C1CC1. The van der Waals surface area contributed by atoms with Gasteiger partial charge in [0.1, 0.15) is 5.92 Å². The number of carbonyl (C=O) groups is 1. The van der Waals surface area contributed by atoms with Gasteiger partial charge in [0.2, 0.25) is 23.7 Å². The monoisotopic (exact) mass is 314 g/mol. The van der Waals surface area contributed by atoms with Crippen LogP contribution in [0.15, 0.2) is 28.8 Å². The van der Waals surface area contributed by atoms with Gasteiger partial charge in [-0.15, -0.1) is 0 Å². The van der Waals surface area contributed by atoms with Gasteiger partial charge in [-0.1, -0.05) is 17.3 Å². The largest absolute Gasteiger partial charge is 0.338 e. The van der Waals surface area contributed by atoms with Gasteiger partial charge in [0.25, 0.3) is 0 Å². The molecule has 0 saturated heterocycles. The Labute approximate surface area is 131 Å². The maximum absolute atomic E-state index is 11.8. The van der Waals surface area contributed by atoms with Gasteiger partial charge in [0, 0.05) is 28.5 Å². The molecule has 2 atom stereocenters. The van der Waals surface area contributed by atoms with Gasteiger partial charge >= 0.3 is 0 Å². The molecule has 1 amide bonds. The third-order valence-corrected chi connectivity index (χ3v) is 4.12. The zero-order chi connectivity index (χ0) is 16.0. The molecule has 2 aliphatic carbocycles. The summed E-state index contributed by atoms with van der Waals surface area (Å²) in [4.78, 5) is 26.4. The lowest BCUT2D eigenvalue weighted by Gasteiger charge is -2.04. The zero-order valence-corrected chi connectivity index (χ0v) is 12.1. The molecule has 1 aromatic carbocycles. The van der Waals surface area contributed by atoms with Gasteiger partial charge < -0.3 is 9.84 Å². The van der Waals surface area contributed by atoms with E-state index in [-0.39, 0.29) is 22.7 Å². The fourth-order valence-electron chi connectivity index (χ4n) is 2.51. The summed E-state index contributed by atoms with van der Waals surface area (Å²) in [5.41, 5.74) is 1.38. The summed E-state index contributed by atoms with van der Waals surface area (Å²) in [5, 5.41) is 17.5. The van der Waals surface area contributed by atoms with E-state index < -0.39 is 6.04 Å². The molecule has 0 aliphatic heterocycles. The van der Waals surface area contributed by atoms with Gasteiger partial charge in [0.15, 0.2) is 0 Å². The Balaban J connectivity index is 1.50. The van der Waals surface area contributed by atoms with E-state index in [2.05, 4.69) is 15.5 Å². The van der Waals surface area contributed by atoms with Gasteiger partial charge in [0.05, 0.1) is 0 Å². The molecule has 1 aromatic heterocycles. The summed E-state index contributed by atoms with van der Waals surface area (Å²) >= 11 is 0. The molecule has 23 heavy (non-hydrogen) atoms. The summed E-state index contributed by atoms with van der Waals surface area (Å²) in [6.07, 6.45) is 2.32. The van der Waals surface area contributed by atoms with E-state index in [1.807, 2.05) is 0 Å². The van der Waals surface area contributed by atoms with Crippen LogP contribution in [0.5, 0.6) is 0 Å². The molecule has 2 fully saturated rings. The van der Waals surface area contributed by atoms with Crippen molar-refractivity contribution in [2.45, 2.75) is 31.2 Å². The van der Waals surface area contributed by atoms with Crippen molar-refractivity contribution >= 4 is 11.6 Å². The predicted octanol–water partition coefficient (Wildman–Crippen LogP) is 2.22. The molecule has 118 valence electrons. The number of aromatic nitrogens is 2. The van der Waals surface area contributed by atoms with Gasteiger partial charge in [-0.2, -0.15) is 4.98 Å². The molecule has 2 aliphatic rings. The second kappa shape index (κ2) is 5.15. The van der Waals surface area contributed by atoms with Crippen molar-refractivity contribution in [3.8, 4) is 11.4 Å². The van der Waals surface area contributed by atoms with Crippen LogP contribution < -0.4 is 5.32 Å². The number of nitrogens with zero attached hydrogens (tertiary/aromatic N) is 3. The summed E-state index contributed by atoms with van der Waals surface area (Å²) in [7, 11) is 0. The van der Waals surface area contributed by atoms with Crippen LogP contribution >= 0.6 is 0 Å². The molecule has 0 radical (unpaired) electrons. The zero-order valence-electron chi connectivity index (χ0n) is 12.1. The van der Waals surface area contributed by atoms with Crippen LogP contribution in [-0.4, -0.2) is 27.0 Å². The van der Waals surface area contributed by atoms with Crippen LogP contribution in [0.3, 0.4) is 0 Å². The van der Waals surface area contributed by atoms with Crippen molar-refractivity contribution in [2.24, 2.45) is 5.92 Å². The molecule has 0 bridgehead atoms. The average molecular weight is 314 g/mol. The fraction of sp³-hybridized carbons (Fsp3) is 0.400. The summed E-state index contributed by atoms with van der Waals surface area (Å²) < 4.78 is 5.14. The Morgan fingerprint density at radius 3 is 2.91 bits per heavy atom. The number of rotatable bonds is 5. The average Bonchev–Trinajstić information content (AvgIpc) is 3.45. The van der Waals surface area contributed by atoms with Crippen LogP contribution in [0.4, 0.5) is 5.69 Å². The first-order chi connectivity index (χ1) is 11.1. The molecular formula is C15H14N4O4. The lowest BCUT2D eigenvalue weighted by atomic mass is 10.2. The lowest BCUT2D eigenvalue weighted by Crippen LogP contribution is -2.13. The first-order valence-corrected chi connectivity index (χ1v) is 7.50. The number of nitrogens with one attached hydrogen (secondary N) is 1. The highest BCUT2D eigenvalue weighted by Gasteiger charge is 2.53. The minimum atomic E-state index is -0.618. The minimum Gasteiger partial charge on any atom is -0.338 e. The number of carbonyl (C=O) groups excluding carboxylic acids is 1. The molecule has 2 aromatic rings. The topological polar surface area (TPSA) is 111 Å². The number of amides is 1. The predicted molar refractivity (Wildman–Crippen MR) is 79.2 cm³/mol. The van der Waals surface area contributed by atoms with Crippen LogP contribution in [0.1, 0.15) is 31.1 Å². The third kappa shape index (κ3) is 2.79. The van der Waals surface area contributed by atoms with Crippen LogP contribution in [0.25, 0.3) is 11.4 Å². The van der Waals surface area contributed by atoms with Crippen molar-refractivity contribution in [1.82, 2.24) is 10.1 Å². The van der Waals surface area contributed by atoms with E-state index in [1.165, 1.54) is 0 Å². The number of benzene rings is 1. The van der Waals surface area contributed by atoms with Crippen molar-refractivity contribution in [3.63, 3.8) is 0 Å². The fourth-order valence-corrected chi connectivity index (χ4v) is 2.51. The summed E-state index contributed by atoms with van der Waals surface area (Å²) in [5.74, 6) is 0.543. The van der Waals surface area contributed by atoms with E-state index in [0.29, 0.717) is 29.4 Å². The van der Waals surface area contributed by atoms with Crippen LogP contribution in [0.2, 0.25) is 0 Å². The van der Waals surface area contributed by atoms with Gasteiger partial charge in [-0.3, -0.25) is 14.9 Å². The molecule has 2 saturated carbocycles. The number of hydrogen-bond donors (Lipinski definition) is 1. The highest BCUT2D eigenvalue weighted by molar-refractivity contribution is 5.94. The van der Waals surface area contributed by atoms with Gasteiger partial charge in [-0.25, -0.2) is 0 Å². The van der Waals surface area contributed by atoms with E-state index in [9.17, 15) is 14.9 Å². The van der Waals surface area contributed by atoms with E-state index in [1.54, 1.807) is 24.3 Å².